The van der Waals surface area contributed by atoms with Crippen LogP contribution in [0.25, 0.3) is 0 Å². The quantitative estimate of drug-likeness (QED) is 0.804. The standard InChI is InChI=1S/C12H16N2O2S/c1-8(13-9(2)15)12(16)14-10-4-6-11(17-3)7-5-10/h4-8H,1-3H3,(H,13,15)(H,14,16). The third kappa shape index (κ3) is 4.48. The molecule has 1 rings (SSSR count). The van der Waals surface area contributed by atoms with Gasteiger partial charge in [0.05, 0.1) is 0 Å². The molecular formula is C12H16N2O2S. The Kier molecular flexibility index (Phi) is 5.03. The minimum absolute atomic E-state index is 0.217. The highest BCUT2D eigenvalue weighted by molar-refractivity contribution is 7.98. The van der Waals surface area contributed by atoms with Crippen LogP contribution in [-0.2, 0) is 9.59 Å². The highest BCUT2D eigenvalue weighted by Crippen LogP contribution is 2.17. The monoisotopic (exact) mass is 252 g/mol. The van der Waals surface area contributed by atoms with Gasteiger partial charge in [-0.25, -0.2) is 0 Å². The molecule has 0 bridgehead atoms. The molecule has 2 amide bonds. The van der Waals surface area contributed by atoms with Crippen molar-refractivity contribution in [3.8, 4) is 0 Å². The molecule has 0 spiro atoms. The van der Waals surface area contributed by atoms with Crippen LogP contribution in [-0.4, -0.2) is 24.1 Å². The molecule has 0 saturated heterocycles. The average molecular weight is 252 g/mol. The molecule has 0 aliphatic rings. The molecule has 2 N–H and O–H groups in total. The van der Waals surface area contributed by atoms with Crippen molar-refractivity contribution in [2.24, 2.45) is 0 Å². The summed E-state index contributed by atoms with van der Waals surface area (Å²) in [6, 6.07) is 7.01. The number of hydrogen-bond acceptors (Lipinski definition) is 3. The van der Waals surface area contributed by atoms with Crippen LogP contribution < -0.4 is 10.6 Å². The van der Waals surface area contributed by atoms with Gasteiger partial charge in [-0.2, -0.15) is 0 Å². The summed E-state index contributed by atoms with van der Waals surface area (Å²) >= 11 is 1.64. The number of nitrogens with one attached hydrogen (secondary N) is 2. The lowest BCUT2D eigenvalue weighted by Gasteiger charge is -2.12. The maximum atomic E-state index is 11.7. The smallest absolute Gasteiger partial charge is 0.246 e. The first-order valence-corrected chi connectivity index (χ1v) is 6.47. The third-order valence-electron chi connectivity index (χ3n) is 2.17. The second-order valence-electron chi connectivity index (χ2n) is 3.64. The molecule has 92 valence electrons. The molecule has 17 heavy (non-hydrogen) atoms. The van der Waals surface area contributed by atoms with E-state index in [4.69, 9.17) is 0 Å². The normalized spacial score (nSPS) is 11.7. The van der Waals surface area contributed by atoms with Crippen LogP contribution in [0.2, 0.25) is 0 Å². The van der Waals surface area contributed by atoms with Gasteiger partial charge in [0.1, 0.15) is 6.04 Å². The molecule has 1 aromatic rings. The topological polar surface area (TPSA) is 58.2 Å². The Bertz CT molecular complexity index is 403. The van der Waals surface area contributed by atoms with E-state index in [1.165, 1.54) is 6.92 Å². The van der Waals surface area contributed by atoms with E-state index in [1.807, 2.05) is 30.5 Å². The molecule has 1 atom stereocenters. The van der Waals surface area contributed by atoms with Crippen molar-refractivity contribution in [1.82, 2.24) is 5.32 Å². The van der Waals surface area contributed by atoms with Crippen LogP contribution in [0.4, 0.5) is 5.69 Å². The second kappa shape index (κ2) is 6.30. The highest BCUT2D eigenvalue weighted by atomic mass is 32.2. The van der Waals surface area contributed by atoms with E-state index in [2.05, 4.69) is 10.6 Å². The van der Waals surface area contributed by atoms with Crippen molar-refractivity contribution in [2.75, 3.05) is 11.6 Å². The van der Waals surface area contributed by atoms with Crippen LogP contribution in [0.5, 0.6) is 0 Å². The summed E-state index contributed by atoms with van der Waals surface area (Å²) in [4.78, 5) is 23.6. The van der Waals surface area contributed by atoms with Crippen LogP contribution in [0.3, 0.4) is 0 Å². The predicted molar refractivity (Wildman–Crippen MR) is 70.1 cm³/mol. The van der Waals surface area contributed by atoms with Gasteiger partial charge >= 0.3 is 0 Å². The van der Waals surface area contributed by atoms with Crippen LogP contribution in [0, 0.1) is 0 Å². The molecule has 0 aromatic heterocycles. The Labute approximate surface area is 105 Å². The van der Waals surface area contributed by atoms with E-state index in [0.29, 0.717) is 0 Å². The molecule has 4 nitrogen and oxygen atoms in total. The fraction of sp³-hybridized carbons (Fsp3) is 0.333. The Hall–Kier alpha value is -1.49. The van der Waals surface area contributed by atoms with Gasteiger partial charge in [-0.05, 0) is 37.4 Å². The molecule has 1 unspecified atom stereocenters. The van der Waals surface area contributed by atoms with Gasteiger partial charge in [-0.1, -0.05) is 0 Å². The number of carbonyl (C=O) groups excluding carboxylic acids is 2. The summed E-state index contributed by atoms with van der Waals surface area (Å²) in [5.41, 5.74) is 0.727. The SMILES string of the molecule is CSc1ccc(NC(=O)C(C)NC(C)=O)cc1. The molecule has 0 radical (unpaired) electrons. The van der Waals surface area contributed by atoms with E-state index < -0.39 is 6.04 Å². The lowest BCUT2D eigenvalue weighted by atomic mass is 10.2. The second-order valence-corrected chi connectivity index (χ2v) is 4.52. The zero-order chi connectivity index (χ0) is 12.8. The molecule has 0 saturated carbocycles. The van der Waals surface area contributed by atoms with E-state index in [1.54, 1.807) is 18.7 Å². The number of rotatable bonds is 4. The number of benzene rings is 1. The first-order valence-electron chi connectivity index (χ1n) is 5.25. The Morgan fingerprint density at radius 1 is 1.24 bits per heavy atom. The average Bonchev–Trinajstić information content (AvgIpc) is 2.29. The Morgan fingerprint density at radius 2 is 1.82 bits per heavy atom. The lowest BCUT2D eigenvalue weighted by Crippen LogP contribution is -2.40. The van der Waals surface area contributed by atoms with Crippen molar-refractivity contribution in [3.63, 3.8) is 0 Å². The zero-order valence-corrected chi connectivity index (χ0v) is 10.9. The molecule has 5 heteroatoms. The highest BCUT2D eigenvalue weighted by Gasteiger charge is 2.13. The Morgan fingerprint density at radius 3 is 2.29 bits per heavy atom. The minimum atomic E-state index is -0.535. The van der Waals surface area contributed by atoms with Gasteiger partial charge in [-0.15, -0.1) is 11.8 Å². The molecule has 0 aliphatic heterocycles. The summed E-state index contributed by atoms with van der Waals surface area (Å²) in [7, 11) is 0. The van der Waals surface area contributed by atoms with Crippen molar-refractivity contribution >= 4 is 29.3 Å². The molecule has 0 fully saturated rings. The molecule has 1 aromatic carbocycles. The van der Waals surface area contributed by atoms with Crippen LogP contribution in [0.1, 0.15) is 13.8 Å². The van der Waals surface area contributed by atoms with Gasteiger partial charge in [-0.3, -0.25) is 9.59 Å². The summed E-state index contributed by atoms with van der Waals surface area (Å²) in [5.74, 6) is -0.442. The van der Waals surface area contributed by atoms with Crippen molar-refractivity contribution in [1.29, 1.82) is 0 Å². The first kappa shape index (κ1) is 13.6. The van der Waals surface area contributed by atoms with E-state index in [-0.39, 0.29) is 11.8 Å². The first-order chi connectivity index (χ1) is 8.02. The van der Waals surface area contributed by atoms with Crippen molar-refractivity contribution < 1.29 is 9.59 Å². The number of carbonyl (C=O) groups is 2. The van der Waals surface area contributed by atoms with E-state index in [0.717, 1.165) is 10.6 Å². The molecule has 0 heterocycles. The third-order valence-corrected chi connectivity index (χ3v) is 2.91. The summed E-state index contributed by atoms with van der Waals surface area (Å²) in [6.45, 7) is 3.03. The van der Waals surface area contributed by atoms with E-state index in [9.17, 15) is 9.59 Å². The minimum Gasteiger partial charge on any atom is -0.345 e. The summed E-state index contributed by atoms with van der Waals surface area (Å²) in [5, 5.41) is 5.27. The van der Waals surface area contributed by atoms with E-state index >= 15 is 0 Å². The van der Waals surface area contributed by atoms with Crippen LogP contribution >= 0.6 is 11.8 Å². The number of thioether (sulfide) groups is 1. The largest absolute Gasteiger partial charge is 0.345 e. The number of hydrogen-bond donors (Lipinski definition) is 2. The summed E-state index contributed by atoms with van der Waals surface area (Å²) < 4.78 is 0. The van der Waals surface area contributed by atoms with Crippen molar-refractivity contribution in [2.45, 2.75) is 24.8 Å². The van der Waals surface area contributed by atoms with Gasteiger partial charge in [0.2, 0.25) is 11.8 Å². The lowest BCUT2D eigenvalue weighted by molar-refractivity contribution is -0.124. The van der Waals surface area contributed by atoms with Crippen molar-refractivity contribution in [3.05, 3.63) is 24.3 Å². The zero-order valence-electron chi connectivity index (χ0n) is 10.1. The molecule has 0 aliphatic carbocycles. The maximum absolute atomic E-state index is 11.7. The maximum Gasteiger partial charge on any atom is 0.246 e. The predicted octanol–water partition coefficient (Wildman–Crippen LogP) is 1.87. The van der Waals surface area contributed by atoms with Crippen LogP contribution in [0.15, 0.2) is 29.2 Å². The van der Waals surface area contributed by atoms with Gasteiger partial charge < -0.3 is 10.6 Å². The Balaban J connectivity index is 2.58. The number of anilines is 1. The fourth-order valence-corrected chi connectivity index (χ4v) is 1.70. The number of amides is 2. The van der Waals surface area contributed by atoms with Gasteiger partial charge in [0.25, 0.3) is 0 Å². The van der Waals surface area contributed by atoms with Gasteiger partial charge in [0, 0.05) is 17.5 Å². The summed E-state index contributed by atoms with van der Waals surface area (Å²) in [6.07, 6.45) is 1.99. The fourth-order valence-electron chi connectivity index (χ4n) is 1.30. The molecular weight excluding hydrogens is 236 g/mol. The van der Waals surface area contributed by atoms with Gasteiger partial charge in [0.15, 0.2) is 0 Å².